The van der Waals surface area contributed by atoms with Gasteiger partial charge in [0, 0.05) is 39.8 Å². The molecule has 2 aromatic carbocycles. The first-order valence-electron chi connectivity index (χ1n) is 11.1. The van der Waals surface area contributed by atoms with Crippen LogP contribution in [0.1, 0.15) is 62.0 Å². The molecule has 1 heterocycles. The Balaban J connectivity index is 1.55. The highest BCUT2D eigenvalue weighted by Gasteiger charge is 2.36. The third-order valence-corrected chi connectivity index (χ3v) is 6.73. The first kappa shape index (κ1) is 24.6. The van der Waals surface area contributed by atoms with Crippen molar-refractivity contribution < 1.29 is 9.59 Å². The maximum absolute atomic E-state index is 12.5. The summed E-state index contributed by atoms with van der Waals surface area (Å²) in [6, 6.07) is 15.7. The number of nitrogens with one attached hydrogen (secondary N) is 2. The Morgan fingerprint density at radius 2 is 1.81 bits per heavy atom. The predicted molar refractivity (Wildman–Crippen MR) is 130 cm³/mol. The highest BCUT2D eigenvalue weighted by atomic mass is 35.5. The predicted octanol–water partition coefficient (Wildman–Crippen LogP) is 5.23. The first-order valence-corrected chi connectivity index (χ1v) is 11.9. The molecule has 1 fully saturated rings. The standard InChI is InChI=1S/C25H31Cl2N3O2/c1-4-23-14-22(12-16(2)30(23)17(3)18-8-10-20(26)11-9-18)29-24(31)15-28-25(32)19-6-5-7-21(27)13-19/h5-11,13,16-17,22-23H,4,12,14-15H2,1-3H3,(H,28,32)(H,29,31)/t16-,17?,22+,23+/m0/s1. The number of benzene rings is 2. The number of hydrogen-bond donors (Lipinski definition) is 2. The molecule has 0 aliphatic carbocycles. The van der Waals surface area contributed by atoms with Crippen molar-refractivity contribution in [2.24, 2.45) is 0 Å². The van der Waals surface area contributed by atoms with Gasteiger partial charge in [-0.2, -0.15) is 0 Å². The molecule has 0 radical (unpaired) electrons. The van der Waals surface area contributed by atoms with Crippen molar-refractivity contribution in [1.29, 1.82) is 0 Å². The average Bonchev–Trinajstić information content (AvgIpc) is 2.77. The maximum atomic E-state index is 12.5. The van der Waals surface area contributed by atoms with E-state index in [1.165, 1.54) is 5.56 Å². The minimum Gasteiger partial charge on any atom is -0.352 e. The largest absolute Gasteiger partial charge is 0.352 e. The van der Waals surface area contributed by atoms with E-state index in [1.807, 2.05) is 12.1 Å². The zero-order chi connectivity index (χ0) is 23.3. The van der Waals surface area contributed by atoms with Crippen molar-refractivity contribution in [2.45, 2.75) is 64.2 Å². The van der Waals surface area contributed by atoms with Gasteiger partial charge in [0.15, 0.2) is 0 Å². The van der Waals surface area contributed by atoms with Crippen LogP contribution in [0.3, 0.4) is 0 Å². The molecule has 0 saturated carbocycles. The summed E-state index contributed by atoms with van der Waals surface area (Å²) < 4.78 is 0. The smallest absolute Gasteiger partial charge is 0.251 e. The van der Waals surface area contributed by atoms with Gasteiger partial charge in [0.1, 0.15) is 0 Å². The second-order valence-electron chi connectivity index (χ2n) is 8.51. The van der Waals surface area contributed by atoms with Crippen LogP contribution in [0.5, 0.6) is 0 Å². The van der Waals surface area contributed by atoms with Crippen molar-refractivity contribution in [3.8, 4) is 0 Å². The number of piperidine rings is 1. The van der Waals surface area contributed by atoms with E-state index in [2.05, 4.69) is 48.4 Å². The summed E-state index contributed by atoms with van der Waals surface area (Å²) in [6.45, 7) is 6.58. The fourth-order valence-electron chi connectivity index (χ4n) is 4.72. The molecule has 1 unspecified atom stereocenters. The Hall–Kier alpha value is -2.08. The van der Waals surface area contributed by atoms with Gasteiger partial charge >= 0.3 is 0 Å². The fourth-order valence-corrected chi connectivity index (χ4v) is 5.03. The van der Waals surface area contributed by atoms with Crippen LogP contribution in [-0.4, -0.2) is 41.4 Å². The van der Waals surface area contributed by atoms with E-state index >= 15 is 0 Å². The molecule has 2 N–H and O–H groups in total. The molecule has 4 atom stereocenters. The topological polar surface area (TPSA) is 61.4 Å². The lowest BCUT2D eigenvalue weighted by Gasteiger charge is -2.47. The zero-order valence-electron chi connectivity index (χ0n) is 18.8. The van der Waals surface area contributed by atoms with Gasteiger partial charge in [0.25, 0.3) is 5.91 Å². The fraction of sp³-hybridized carbons (Fsp3) is 0.440. The second kappa shape index (κ2) is 11.2. The molecule has 2 aromatic rings. The summed E-state index contributed by atoms with van der Waals surface area (Å²) in [7, 11) is 0. The number of likely N-dealkylation sites (tertiary alicyclic amines) is 1. The first-order chi connectivity index (χ1) is 15.3. The number of hydrogen-bond acceptors (Lipinski definition) is 3. The van der Waals surface area contributed by atoms with Crippen LogP contribution in [-0.2, 0) is 4.79 Å². The van der Waals surface area contributed by atoms with E-state index in [-0.39, 0.29) is 30.4 Å². The molecule has 32 heavy (non-hydrogen) atoms. The number of carbonyl (C=O) groups is 2. The van der Waals surface area contributed by atoms with Gasteiger partial charge < -0.3 is 10.6 Å². The molecule has 7 heteroatoms. The summed E-state index contributed by atoms with van der Waals surface area (Å²) in [5.74, 6) is -0.485. The van der Waals surface area contributed by atoms with Crippen LogP contribution in [0, 0.1) is 0 Å². The summed E-state index contributed by atoms with van der Waals surface area (Å²) in [6.07, 6.45) is 2.75. The molecule has 1 aliphatic rings. The average molecular weight is 476 g/mol. The van der Waals surface area contributed by atoms with E-state index < -0.39 is 0 Å². The highest BCUT2D eigenvalue weighted by molar-refractivity contribution is 6.31. The minimum absolute atomic E-state index is 0.0576. The third-order valence-electron chi connectivity index (χ3n) is 6.25. The molecule has 172 valence electrons. The molecule has 5 nitrogen and oxygen atoms in total. The number of rotatable bonds is 7. The van der Waals surface area contributed by atoms with Gasteiger partial charge in [-0.1, -0.05) is 48.3 Å². The molecular weight excluding hydrogens is 445 g/mol. The molecule has 0 bridgehead atoms. The number of halogens is 2. The van der Waals surface area contributed by atoms with Crippen molar-refractivity contribution in [3.05, 3.63) is 69.7 Å². The minimum atomic E-state index is -0.311. The van der Waals surface area contributed by atoms with Crippen LogP contribution in [0.15, 0.2) is 48.5 Å². The van der Waals surface area contributed by atoms with Gasteiger partial charge in [0.05, 0.1) is 6.54 Å². The van der Waals surface area contributed by atoms with Crippen molar-refractivity contribution >= 4 is 35.0 Å². The normalized spacial score (nSPS) is 22.2. The summed E-state index contributed by atoms with van der Waals surface area (Å²) in [5.41, 5.74) is 1.68. The van der Waals surface area contributed by atoms with Crippen molar-refractivity contribution in [3.63, 3.8) is 0 Å². The Bertz CT molecular complexity index is 935. The molecule has 0 aromatic heterocycles. The van der Waals surface area contributed by atoms with Gasteiger partial charge in [-0.25, -0.2) is 0 Å². The Morgan fingerprint density at radius 1 is 1.09 bits per heavy atom. The van der Waals surface area contributed by atoms with Crippen molar-refractivity contribution in [2.75, 3.05) is 6.54 Å². The highest BCUT2D eigenvalue weighted by Crippen LogP contribution is 2.34. The van der Waals surface area contributed by atoms with Gasteiger partial charge in [0.2, 0.25) is 5.91 Å². The molecule has 1 saturated heterocycles. The van der Waals surface area contributed by atoms with E-state index in [1.54, 1.807) is 24.3 Å². The lowest BCUT2D eigenvalue weighted by atomic mass is 9.87. The van der Waals surface area contributed by atoms with Crippen LogP contribution in [0.25, 0.3) is 0 Å². The zero-order valence-corrected chi connectivity index (χ0v) is 20.3. The Kier molecular flexibility index (Phi) is 8.57. The Labute approximate surface area is 200 Å². The lowest BCUT2D eigenvalue weighted by molar-refractivity contribution is -0.121. The third kappa shape index (κ3) is 6.25. The quantitative estimate of drug-likeness (QED) is 0.575. The summed E-state index contributed by atoms with van der Waals surface area (Å²) in [4.78, 5) is 27.3. The molecular formula is C25H31Cl2N3O2. The van der Waals surface area contributed by atoms with E-state index in [0.29, 0.717) is 22.7 Å². The van der Waals surface area contributed by atoms with E-state index in [0.717, 1.165) is 24.3 Å². The van der Waals surface area contributed by atoms with Crippen LogP contribution in [0.4, 0.5) is 0 Å². The van der Waals surface area contributed by atoms with E-state index in [4.69, 9.17) is 23.2 Å². The van der Waals surface area contributed by atoms with Gasteiger partial charge in [-0.05, 0) is 69.0 Å². The second-order valence-corrected chi connectivity index (χ2v) is 9.39. The molecule has 1 aliphatic heterocycles. The van der Waals surface area contributed by atoms with Crippen molar-refractivity contribution in [1.82, 2.24) is 15.5 Å². The number of carbonyl (C=O) groups excluding carboxylic acids is 2. The van der Waals surface area contributed by atoms with Crippen LogP contribution in [0.2, 0.25) is 10.0 Å². The SMILES string of the molecule is CC[C@@H]1C[C@H](NC(=O)CNC(=O)c2cccc(Cl)c2)C[C@H](C)N1C(C)c1ccc(Cl)cc1. The van der Waals surface area contributed by atoms with Crippen LogP contribution >= 0.6 is 23.2 Å². The molecule has 3 rings (SSSR count). The summed E-state index contributed by atoms with van der Waals surface area (Å²) >= 11 is 12.0. The van der Waals surface area contributed by atoms with Gasteiger partial charge in [-0.3, -0.25) is 14.5 Å². The Morgan fingerprint density at radius 3 is 2.47 bits per heavy atom. The lowest BCUT2D eigenvalue weighted by Crippen LogP contribution is -2.55. The monoisotopic (exact) mass is 475 g/mol. The summed E-state index contributed by atoms with van der Waals surface area (Å²) in [5, 5.41) is 7.02. The van der Waals surface area contributed by atoms with E-state index in [9.17, 15) is 9.59 Å². The van der Waals surface area contributed by atoms with Crippen LogP contribution < -0.4 is 10.6 Å². The maximum Gasteiger partial charge on any atom is 0.251 e. The number of nitrogens with zero attached hydrogens (tertiary/aromatic N) is 1. The molecule has 0 spiro atoms. The number of amides is 2. The molecule has 2 amide bonds. The van der Waals surface area contributed by atoms with Gasteiger partial charge in [-0.15, -0.1) is 0 Å².